The molecular weight excluding hydrogens is 224 g/mol. The van der Waals surface area contributed by atoms with Gasteiger partial charge in [-0.05, 0) is 31.1 Å². The second-order valence-corrected chi connectivity index (χ2v) is 6.74. The lowest BCUT2D eigenvalue weighted by molar-refractivity contribution is 0.141. The van der Waals surface area contributed by atoms with E-state index in [4.69, 9.17) is 10.5 Å². The first-order valence-corrected chi connectivity index (χ1v) is 6.98. The van der Waals surface area contributed by atoms with Crippen molar-refractivity contribution >= 4 is 0 Å². The molecule has 1 aliphatic carbocycles. The molecule has 0 aromatic heterocycles. The van der Waals surface area contributed by atoms with Crippen molar-refractivity contribution in [1.82, 2.24) is 5.32 Å². The van der Waals surface area contributed by atoms with Gasteiger partial charge in [-0.25, -0.2) is 0 Å². The first-order chi connectivity index (χ1) is 8.31. The van der Waals surface area contributed by atoms with E-state index < -0.39 is 0 Å². The third-order valence-electron chi connectivity index (χ3n) is 4.03. The second kappa shape index (κ2) is 6.18. The Morgan fingerprint density at radius 2 is 2.17 bits per heavy atom. The van der Waals surface area contributed by atoms with Crippen molar-refractivity contribution in [2.75, 3.05) is 26.3 Å². The minimum absolute atomic E-state index is 0.0933. The summed E-state index contributed by atoms with van der Waals surface area (Å²) in [5, 5.41) is 3.64. The predicted molar refractivity (Wildman–Crippen MR) is 77.6 cm³/mol. The van der Waals surface area contributed by atoms with E-state index in [1.807, 2.05) is 6.92 Å². The fourth-order valence-electron chi connectivity index (χ4n) is 3.33. The average molecular weight is 254 g/mol. The topological polar surface area (TPSA) is 47.3 Å². The lowest BCUT2D eigenvalue weighted by atomic mass is 9.86. The van der Waals surface area contributed by atoms with E-state index in [9.17, 15) is 0 Å². The monoisotopic (exact) mass is 254 g/mol. The summed E-state index contributed by atoms with van der Waals surface area (Å²) in [6, 6.07) is 0. The van der Waals surface area contributed by atoms with Crippen molar-refractivity contribution in [3.63, 3.8) is 0 Å². The van der Waals surface area contributed by atoms with Crippen LogP contribution >= 0.6 is 0 Å². The highest BCUT2D eigenvalue weighted by Gasteiger charge is 2.47. The molecule has 2 unspecified atom stereocenters. The normalized spacial score (nSPS) is 30.6. The highest BCUT2D eigenvalue weighted by molar-refractivity contribution is 5.04. The van der Waals surface area contributed by atoms with E-state index in [0.717, 1.165) is 25.1 Å². The van der Waals surface area contributed by atoms with Crippen LogP contribution in [0.3, 0.4) is 0 Å². The zero-order chi connectivity index (χ0) is 13.8. The standard InChI is InChI=1S/C15H30N2O/c1-12(2)9-18-7-6-17-15(11-16)10-14(4,5)8-13(15)3/h13,17H,1,6-11,16H2,2-5H3. The van der Waals surface area contributed by atoms with Crippen molar-refractivity contribution in [2.24, 2.45) is 17.1 Å². The van der Waals surface area contributed by atoms with Gasteiger partial charge in [0, 0.05) is 18.6 Å². The van der Waals surface area contributed by atoms with Gasteiger partial charge in [-0.3, -0.25) is 0 Å². The van der Waals surface area contributed by atoms with Gasteiger partial charge in [-0.1, -0.05) is 32.9 Å². The fourth-order valence-corrected chi connectivity index (χ4v) is 3.33. The molecule has 0 saturated heterocycles. The first kappa shape index (κ1) is 15.7. The van der Waals surface area contributed by atoms with E-state index in [-0.39, 0.29) is 5.54 Å². The van der Waals surface area contributed by atoms with Gasteiger partial charge < -0.3 is 15.8 Å². The van der Waals surface area contributed by atoms with Gasteiger partial charge in [0.25, 0.3) is 0 Å². The molecule has 1 aliphatic rings. The molecule has 2 atom stereocenters. The van der Waals surface area contributed by atoms with E-state index in [0.29, 0.717) is 24.5 Å². The molecule has 0 aromatic carbocycles. The smallest absolute Gasteiger partial charge is 0.0672 e. The van der Waals surface area contributed by atoms with Crippen LogP contribution in [0, 0.1) is 11.3 Å². The fraction of sp³-hybridized carbons (Fsp3) is 0.867. The lowest BCUT2D eigenvalue weighted by Gasteiger charge is -2.34. The predicted octanol–water partition coefficient (Wildman–Crippen LogP) is 2.32. The van der Waals surface area contributed by atoms with Crippen LogP contribution in [0.5, 0.6) is 0 Å². The van der Waals surface area contributed by atoms with E-state index in [2.05, 4.69) is 32.7 Å². The number of nitrogens with one attached hydrogen (secondary N) is 1. The maximum Gasteiger partial charge on any atom is 0.0672 e. The summed E-state index contributed by atoms with van der Waals surface area (Å²) in [7, 11) is 0. The summed E-state index contributed by atoms with van der Waals surface area (Å²) in [6.45, 7) is 15.7. The maximum absolute atomic E-state index is 6.03. The lowest BCUT2D eigenvalue weighted by Crippen LogP contribution is -2.54. The third-order valence-corrected chi connectivity index (χ3v) is 4.03. The Morgan fingerprint density at radius 1 is 1.50 bits per heavy atom. The molecule has 0 amide bonds. The van der Waals surface area contributed by atoms with Gasteiger partial charge >= 0.3 is 0 Å². The molecule has 0 heterocycles. The highest BCUT2D eigenvalue weighted by Crippen LogP contribution is 2.46. The highest BCUT2D eigenvalue weighted by atomic mass is 16.5. The number of ether oxygens (including phenoxy) is 1. The Kier molecular flexibility index (Phi) is 5.38. The SMILES string of the molecule is C=C(C)COCCNC1(CN)CC(C)(C)CC1C. The van der Waals surface area contributed by atoms with Gasteiger partial charge in [-0.2, -0.15) is 0 Å². The van der Waals surface area contributed by atoms with Crippen LogP contribution in [0.1, 0.15) is 40.5 Å². The summed E-state index contributed by atoms with van der Waals surface area (Å²) in [5.74, 6) is 0.624. The molecule has 0 aromatic rings. The van der Waals surface area contributed by atoms with Crippen molar-refractivity contribution in [1.29, 1.82) is 0 Å². The van der Waals surface area contributed by atoms with Crippen LogP contribution in [0.15, 0.2) is 12.2 Å². The van der Waals surface area contributed by atoms with Crippen LogP contribution in [0.25, 0.3) is 0 Å². The molecule has 0 radical (unpaired) electrons. The van der Waals surface area contributed by atoms with Crippen LogP contribution in [0.4, 0.5) is 0 Å². The summed E-state index contributed by atoms with van der Waals surface area (Å²) >= 11 is 0. The molecule has 3 N–H and O–H groups in total. The minimum atomic E-state index is 0.0933. The van der Waals surface area contributed by atoms with Gasteiger partial charge in [0.15, 0.2) is 0 Å². The number of hydrogen-bond donors (Lipinski definition) is 2. The Labute approximate surface area is 112 Å². The molecule has 3 heteroatoms. The molecule has 0 bridgehead atoms. The van der Waals surface area contributed by atoms with Crippen LogP contribution in [-0.4, -0.2) is 31.8 Å². The van der Waals surface area contributed by atoms with Crippen LogP contribution < -0.4 is 11.1 Å². The van der Waals surface area contributed by atoms with Crippen molar-refractivity contribution < 1.29 is 4.74 Å². The summed E-state index contributed by atoms with van der Waals surface area (Å²) < 4.78 is 5.53. The number of rotatable bonds is 7. The van der Waals surface area contributed by atoms with Gasteiger partial charge in [-0.15, -0.1) is 0 Å². The van der Waals surface area contributed by atoms with Crippen molar-refractivity contribution in [3.05, 3.63) is 12.2 Å². The first-order valence-electron chi connectivity index (χ1n) is 6.98. The van der Waals surface area contributed by atoms with E-state index >= 15 is 0 Å². The van der Waals surface area contributed by atoms with Crippen LogP contribution in [0.2, 0.25) is 0 Å². The summed E-state index contributed by atoms with van der Waals surface area (Å²) in [5.41, 5.74) is 7.58. The molecule has 0 spiro atoms. The maximum atomic E-state index is 6.03. The molecule has 18 heavy (non-hydrogen) atoms. The summed E-state index contributed by atoms with van der Waals surface area (Å²) in [4.78, 5) is 0. The zero-order valence-corrected chi connectivity index (χ0v) is 12.5. The molecule has 3 nitrogen and oxygen atoms in total. The molecule has 1 fully saturated rings. The number of hydrogen-bond acceptors (Lipinski definition) is 3. The zero-order valence-electron chi connectivity index (χ0n) is 12.5. The third kappa shape index (κ3) is 4.08. The average Bonchev–Trinajstić information content (AvgIpc) is 2.48. The summed E-state index contributed by atoms with van der Waals surface area (Å²) in [6.07, 6.45) is 2.39. The van der Waals surface area contributed by atoms with Crippen molar-refractivity contribution in [2.45, 2.75) is 46.1 Å². The Balaban J connectivity index is 2.40. The molecule has 106 valence electrons. The Hall–Kier alpha value is -0.380. The molecular formula is C15H30N2O. The van der Waals surface area contributed by atoms with Crippen LogP contribution in [-0.2, 0) is 4.74 Å². The Bertz CT molecular complexity index is 288. The Morgan fingerprint density at radius 3 is 2.61 bits per heavy atom. The van der Waals surface area contributed by atoms with E-state index in [1.54, 1.807) is 0 Å². The largest absolute Gasteiger partial charge is 0.376 e. The van der Waals surface area contributed by atoms with Crippen molar-refractivity contribution in [3.8, 4) is 0 Å². The molecule has 1 saturated carbocycles. The van der Waals surface area contributed by atoms with E-state index in [1.165, 1.54) is 6.42 Å². The van der Waals surface area contributed by atoms with Gasteiger partial charge in [0.05, 0.1) is 13.2 Å². The van der Waals surface area contributed by atoms with Gasteiger partial charge in [0.1, 0.15) is 0 Å². The number of nitrogens with two attached hydrogens (primary N) is 1. The molecule has 1 rings (SSSR count). The quantitative estimate of drug-likeness (QED) is 0.541. The second-order valence-electron chi connectivity index (χ2n) is 6.74. The molecule has 0 aliphatic heterocycles. The minimum Gasteiger partial charge on any atom is -0.376 e. The van der Waals surface area contributed by atoms with Gasteiger partial charge in [0.2, 0.25) is 0 Å².